The van der Waals surface area contributed by atoms with E-state index in [9.17, 15) is 9.59 Å². The fourth-order valence-electron chi connectivity index (χ4n) is 4.88. The second-order valence-corrected chi connectivity index (χ2v) is 9.03. The normalized spacial score (nSPS) is 17.4. The number of aromatic amines is 1. The molecule has 0 saturated heterocycles. The molecule has 172 valence electrons. The Labute approximate surface area is 202 Å². The Morgan fingerprint density at radius 2 is 1.76 bits per heavy atom. The van der Waals surface area contributed by atoms with Crippen LogP contribution in [0.5, 0.6) is 0 Å². The van der Waals surface area contributed by atoms with E-state index in [-0.39, 0.29) is 17.9 Å². The first-order valence-corrected chi connectivity index (χ1v) is 11.6. The van der Waals surface area contributed by atoms with Gasteiger partial charge >= 0.3 is 6.03 Å². The van der Waals surface area contributed by atoms with Gasteiger partial charge in [-0.2, -0.15) is 0 Å². The summed E-state index contributed by atoms with van der Waals surface area (Å²) in [5.41, 5.74) is 10.9. The zero-order valence-electron chi connectivity index (χ0n) is 18.7. The summed E-state index contributed by atoms with van der Waals surface area (Å²) in [5.74, 6) is -0.109. The Bertz CT molecular complexity index is 1380. The van der Waals surface area contributed by atoms with E-state index in [1.165, 1.54) is 5.56 Å². The minimum absolute atomic E-state index is 0.0525. The van der Waals surface area contributed by atoms with Crippen molar-refractivity contribution in [1.82, 2.24) is 15.2 Å². The van der Waals surface area contributed by atoms with E-state index in [2.05, 4.69) is 29.4 Å². The summed E-state index contributed by atoms with van der Waals surface area (Å²) in [6.45, 7) is 2.89. The molecule has 0 bridgehead atoms. The number of primary amides is 1. The van der Waals surface area contributed by atoms with Crippen LogP contribution in [0.1, 0.15) is 51.6 Å². The molecule has 1 aliphatic rings. The minimum atomic E-state index is -0.581. The highest BCUT2D eigenvalue weighted by atomic mass is 35.5. The van der Waals surface area contributed by atoms with E-state index in [0.29, 0.717) is 23.7 Å². The molecule has 1 aliphatic heterocycles. The van der Waals surface area contributed by atoms with Crippen molar-refractivity contribution in [3.8, 4) is 0 Å². The lowest BCUT2D eigenvalue weighted by molar-refractivity contribution is 0.0662. The minimum Gasteiger partial charge on any atom is -0.356 e. The second kappa shape index (κ2) is 8.88. The molecule has 2 heterocycles. The number of H-pyrrole nitrogens is 1. The number of halogens is 1. The van der Waals surface area contributed by atoms with Crippen LogP contribution in [0.15, 0.2) is 72.8 Å². The number of benzene rings is 3. The number of rotatable bonds is 4. The summed E-state index contributed by atoms with van der Waals surface area (Å²) < 4.78 is 0. The maximum Gasteiger partial charge on any atom is 0.312 e. The van der Waals surface area contributed by atoms with E-state index in [0.717, 1.165) is 27.7 Å². The van der Waals surface area contributed by atoms with E-state index in [1.54, 1.807) is 12.1 Å². The van der Waals surface area contributed by atoms with Crippen LogP contribution in [0.25, 0.3) is 10.9 Å². The van der Waals surface area contributed by atoms with Crippen molar-refractivity contribution >= 4 is 34.4 Å². The molecule has 6 nitrogen and oxygen atoms in total. The number of carbonyl (C=O) groups excluding carboxylic acids is 2. The number of aromatic nitrogens is 1. The lowest BCUT2D eigenvalue weighted by Crippen LogP contribution is -2.41. The number of para-hydroxylation sites is 1. The van der Waals surface area contributed by atoms with Gasteiger partial charge in [-0.3, -0.25) is 4.79 Å². The summed E-state index contributed by atoms with van der Waals surface area (Å²) in [7, 11) is 0. The lowest BCUT2D eigenvalue weighted by atomic mass is 9.83. The molecule has 4 aromatic rings. The summed E-state index contributed by atoms with van der Waals surface area (Å²) in [5, 5.41) is 4.41. The molecule has 0 radical (unpaired) electrons. The Morgan fingerprint density at radius 3 is 2.50 bits per heavy atom. The van der Waals surface area contributed by atoms with Crippen LogP contribution in [0.2, 0.25) is 5.02 Å². The predicted molar refractivity (Wildman–Crippen MR) is 134 cm³/mol. The van der Waals surface area contributed by atoms with Crippen LogP contribution >= 0.6 is 11.6 Å². The van der Waals surface area contributed by atoms with Gasteiger partial charge in [-0.15, -0.1) is 0 Å². The van der Waals surface area contributed by atoms with Crippen molar-refractivity contribution in [2.24, 2.45) is 5.73 Å². The van der Waals surface area contributed by atoms with E-state index in [1.807, 2.05) is 53.4 Å². The first kappa shape index (κ1) is 22.0. The predicted octanol–water partition coefficient (Wildman–Crippen LogP) is 5.34. The topological polar surface area (TPSA) is 91.2 Å². The van der Waals surface area contributed by atoms with Crippen LogP contribution in [0, 0.1) is 0 Å². The number of nitrogens with one attached hydrogen (secondary N) is 2. The molecule has 1 aromatic heterocycles. The molecular formula is C27H25ClN4O2. The van der Waals surface area contributed by atoms with Gasteiger partial charge in [0.15, 0.2) is 0 Å². The van der Waals surface area contributed by atoms with Crippen molar-refractivity contribution < 1.29 is 9.59 Å². The first-order chi connectivity index (χ1) is 16.4. The Hall–Kier alpha value is -3.77. The average molecular weight is 473 g/mol. The van der Waals surface area contributed by atoms with Gasteiger partial charge in [-0.05, 0) is 47.9 Å². The summed E-state index contributed by atoms with van der Waals surface area (Å²) in [6.07, 6.45) is 0. The third-order valence-corrected chi connectivity index (χ3v) is 6.94. The van der Waals surface area contributed by atoms with Crippen molar-refractivity contribution in [3.05, 3.63) is 106 Å². The highest BCUT2D eigenvalue weighted by Gasteiger charge is 2.37. The van der Waals surface area contributed by atoms with Gasteiger partial charge in [0.05, 0.1) is 6.04 Å². The molecule has 7 heteroatoms. The van der Waals surface area contributed by atoms with Gasteiger partial charge in [-0.1, -0.05) is 60.1 Å². The Morgan fingerprint density at radius 1 is 1.06 bits per heavy atom. The quantitative estimate of drug-likeness (QED) is 0.374. The summed E-state index contributed by atoms with van der Waals surface area (Å²) in [4.78, 5) is 30.1. The molecule has 3 amide bonds. The van der Waals surface area contributed by atoms with Crippen molar-refractivity contribution in [1.29, 1.82) is 0 Å². The molecule has 2 atom stereocenters. The number of urea groups is 1. The number of fused-ring (bicyclic) bond motifs is 3. The maximum atomic E-state index is 13.7. The first-order valence-electron chi connectivity index (χ1n) is 11.2. The van der Waals surface area contributed by atoms with Crippen molar-refractivity contribution in [2.45, 2.75) is 25.4 Å². The van der Waals surface area contributed by atoms with Crippen LogP contribution in [0.4, 0.5) is 4.79 Å². The number of nitrogens with zero attached hydrogens (tertiary/aromatic N) is 1. The molecule has 4 N–H and O–H groups in total. The van der Waals surface area contributed by atoms with Crippen LogP contribution in [-0.4, -0.2) is 28.4 Å². The maximum absolute atomic E-state index is 13.7. The molecule has 3 aromatic carbocycles. The van der Waals surface area contributed by atoms with Gasteiger partial charge in [-0.25, -0.2) is 4.79 Å². The van der Waals surface area contributed by atoms with E-state index in [4.69, 9.17) is 17.3 Å². The highest BCUT2D eigenvalue weighted by molar-refractivity contribution is 6.31. The van der Waals surface area contributed by atoms with Crippen LogP contribution < -0.4 is 11.1 Å². The van der Waals surface area contributed by atoms with Gasteiger partial charge < -0.3 is 20.9 Å². The fourth-order valence-corrected chi connectivity index (χ4v) is 5.15. The second-order valence-electron chi connectivity index (χ2n) is 8.62. The number of carbonyl (C=O) groups is 2. The molecule has 0 spiro atoms. The van der Waals surface area contributed by atoms with E-state index < -0.39 is 6.03 Å². The molecule has 0 aliphatic carbocycles. The Balaban J connectivity index is 1.54. The van der Waals surface area contributed by atoms with Crippen LogP contribution in [0.3, 0.4) is 0 Å². The summed E-state index contributed by atoms with van der Waals surface area (Å²) >= 11 is 6.64. The van der Waals surface area contributed by atoms with Crippen LogP contribution in [-0.2, 0) is 6.54 Å². The zero-order valence-corrected chi connectivity index (χ0v) is 19.5. The van der Waals surface area contributed by atoms with Gasteiger partial charge in [0.25, 0.3) is 5.91 Å². The molecular weight excluding hydrogens is 448 g/mol. The van der Waals surface area contributed by atoms with Crippen molar-refractivity contribution in [3.63, 3.8) is 0 Å². The van der Waals surface area contributed by atoms with Crippen molar-refractivity contribution in [2.75, 3.05) is 6.54 Å². The average Bonchev–Trinajstić information content (AvgIpc) is 3.24. The fraction of sp³-hybridized carbons (Fsp3) is 0.185. The van der Waals surface area contributed by atoms with Gasteiger partial charge in [0, 0.05) is 46.2 Å². The van der Waals surface area contributed by atoms with E-state index >= 15 is 0 Å². The molecule has 2 unspecified atom stereocenters. The number of amides is 3. The third kappa shape index (κ3) is 3.90. The summed E-state index contributed by atoms with van der Waals surface area (Å²) in [6, 6.07) is 22.6. The Kier molecular flexibility index (Phi) is 5.75. The largest absolute Gasteiger partial charge is 0.356 e. The smallest absolute Gasteiger partial charge is 0.312 e. The monoisotopic (exact) mass is 472 g/mol. The molecule has 34 heavy (non-hydrogen) atoms. The van der Waals surface area contributed by atoms with Gasteiger partial charge in [0.1, 0.15) is 0 Å². The lowest BCUT2D eigenvalue weighted by Gasteiger charge is -2.38. The molecule has 0 fully saturated rings. The number of hydrogen-bond donors (Lipinski definition) is 3. The third-order valence-electron chi connectivity index (χ3n) is 6.60. The number of nitrogens with two attached hydrogens (primary N) is 1. The zero-order chi connectivity index (χ0) is 23.8. The standard InChI is InChI=1S/C27H25ClN4O2/c1-16-25-24(20-7-3-5-9-23(20)31-25)21(19-6-2-4-8-22(19)28)15-32(16)26(33)18-12-10-17(11-13-18)14-30-27(29)34/h2-13,16,21,31H,14-15H2,1H3,(H3,29,30,34). The SMILES string of the molecule is CC1c2[nH]c3ccccc3c2C(c2ccccc2Cl)CN1C(=O)c1ccc(CNC(N)=O)cc1. The number of hydrogen-bond acceptors (Lipinski definition) is 2. The molecule has 0 saturated carbocycles. The van der Waals surface area contributed by atoms with Gasteiger partial charge in [0.2, 0.25) is 0 Å². The highest BCUT2D eigenvalue weighted by Crippen LogP contribution is 2.44. The molecule has 5 rings (SSSR count).